The summed E-state index contributed by atoms with van der Waals surface area (Å²) in [6, 6.07) is 16.2. The first-order valence-corrected chi connectivity index (χ1v) is 8.15. The summed E-state index contributed by atoms with van der Waals surface area (Å²) in [7, 11) is 0. The third-order valence-electron chi connectivity index (χ3n) is 3.52. The van der Waals surface area contributed by atoms with Crippen LogP contribution in [0.5, 0.6) is 0 Å². The van der Waals surface area contributed by atoms with Crippen molar-refractivity contribution in [2.24, 2.45) is 0 Å². The van der Waals surface area contributed by atoms with E-state index in [-0.39, 0.29) is 5.91 Å². The molecule has 0 aliphatic rings. The number of halogens is 1. The monoisotopic (exact) mass is 352 g/mol. The smallest absolute Gasteiger partial charge is 0.257 e. The van der Waals surface area contributed by atoms with Crippen molar-refractivity contribution in [2.45, 2.75) is 13.8 Å². The molecule has 0 aliphatic heterocycles. The second-order valence-corrected chi connectivity index (χ2v) is 5.99. The Hall–Kier alpha value is -2.92. The van der Waals surface area contributed by atoms with Gasteiger partial charge in [-0.05, 0) is 44.2 Å². The van der Waals surface area contributed by atoms with Gasteiger partial charge in [0.15, 0.2) is 0 Å². The summed E-state index contributed by atoms with van der Waals surface area (Å²) in [6.07, 6.45) is 0. The highest BCUT2D eigenvalue weighted by Gasteiger charge is 2.13. The van der Waals surface area contributed by atoms with Crippen LogP contribution < -0.4 is 10.6 Å². The lowest BCUT2D eigenvalue weighted by atomic mass is 10.1. The first kappa shape index (κ1) is 16.9. The van der Waals surface area contributed by atoms with E-state index < -0.39 is 0 Å². The van der Waals surface area contributed by atoms with Gasteiger partial charge in [0.1, 0.15) is 0 Å². The Balaban J connectivity index is 1.88. The molecule has 0 bridgehead atoms. The molecule has 1 aromatic heterocycles. The molecule has 5 nitrogen and oxygen atoms in total. The summed E-state index contributed by atoms with van der Waals surface area (Å²) in [5.74, 6) is 0.191. The lowest BCUT2D eigenvalue weighted by Gasteiger charge is -2.12. The average Bonchev–Trinajstić information content (AvgIpc) is 2.56. The van der Waals surface area contributed by atoms with Crippen molar-refractivity contribution >= 4 is 34.8 Å². The van der Waals surface area contributed by atoms with Gasteiger partial charge < -0.3 is 10.6 Å². The van der Waals surface area contributed by atoms with Crippen LogP contribution in [0.1, 0.15) is 21.7 Å². The molecule has 3 aromatic rings. The summed E-state index contributed by atoms with van der Waals surface area (Å²) in [5.41, 5.74) is 3.37. The van der Waals surface area contributed by atoms with Crippen LogP contribution in [0.15, 0.2) is 54.6 Å². The van der Waals surface area contributed by atoms with Crippen molar-refractivity contribution in [3.8, 4) is 0 Å². The molecule has 126 valence electrons. The Kier molecular flexibility index (Phi) is 4.95. The number of hydrogen-bond donors (Lipinski definition) is 2. The van der Waals surface area contributed by atoms with E-state index in [9.17, 15) is 4.79 Å². The molecule has 0 aliphatic carbocycles. The van der Waals surface area contributed by atoms with Crippen LogP contribution >= 0.6 is 11.6 Å². The lowest BCUT2D eigenvalue weighted by Crippen LogP contribution is -2.14. The summed E-state index contributed by atoms with van der Waals surface area (Å²) in [6.45, 7) is 3.80. The highest BCUT2D eigenvalue weighted by Crippen LogP contribution is 2.24. The largest absolute Gasteiger partial charge is 0.323 e. The van der Waals surface area contributed by atoms with Gasteiger partial charge in [-0.15, -0.1) is 0 Å². The van der Waals surface area contributed by atoms with Crippen molar-refractivity contribution in [1.82, 2.24) is 9.97 Å². The molecule has 0 atom stereocenters. The van der Waals surface area contributed by atoms with Crippen molar-refractivity contribution < 1.29 is 4.79 Å². The van der Waals surface area contributed by atoms with Crippen LogP contribution in [-0.2, 0) is 0 Å². The van der Waals surface area contributed by atoms with Gasteiger partial charge in [0.25, 0.3) is 5.91 Å². The molecule has 2 N–H and O–H groups in total. The van der Waals surface area contributed by atoms with E-state index >= 15 is 0 Å². The zero-order chi connectivity index (χ0) is 17.8. The number of anilines is 3. The van der Waals surface area contributed by atoms with Crippen LogP contribution in [0.3, 0.4) is 0 Å². The second-order valence-electron chi connectivity index (χ2n) is 5.58. The van der Waals surface area contributed by atoms with Gasteiger partial charge in [-0.1, -0.05) is 35.9 Å². The molecular weight excluding hydrogens is 336 g/mol. The van der Waals surface area contributed by atoms with Gasteiger partial charge >= 0.3 is 0 Å². The fourth-order valence-electron chi connectivity index (χ4n) is 2.44. The number of aryl methyl sites for hydroxylation is 2. The number of aromatic nitrogens is 2. The van der Waals surface area contributed by atoms with E-state index in [1.807, 2.05) is 44.2 Å². The third kappa shape index (κ3) is 4.14. The van der Waals surface area contributed by atoms with Gasteiger partial charge in [0.05, 0.1) is 22.0 Å². The second kappa shape index (κ2) is 7.32. The molecule has 25 heavy (non-hydrogen) atoms. The predicted octanol–water partition coefficient (Wildman–Crippen LogP) is 4.74. The molecule has 0 radical (unpaired) electrons. The Labute approximate surface area is 151 Å². The van der Waals surface area contributed by atoms with Crippen molar-refractivity contribution in [3.63, 3.8) is 0 Å². The number of rotatable bonds is 4. The molecule has 0 fully saturated rings. The molecule has 3 rings (SSSR count). The van der Waals surface area contributed by atoms with E-state index in [0.29, 0.717) is 27.9 Å². The molecule has 0 unspecified atom stereocenters. The molecule has 0 saturated heterocycles. The molecule has 1 amide bonds. The molecule has 2 aromatic carbocycles. The van der Waals surface area contributed by atoms with Crippen LogP contribution in [0, 0.1) is 13.8 Å². The van der Waals surface area contributed by atoms with Gasteiger partial charge in [-0.3, -0.25) is 4.79 Å². The Morgan fingerprint density at radius 1 is 0.920 bits per heavy atom. The maximum atomic E-state index is 12.7. The van der Waals surface area contributed by atoms with Crippen LogP contribution in [0.2, 0.25) is 5.02 Å². The quantitative estimate of drug-likeness (QED) is 0.711. The van der Waals surface area contributed by atoms with E-state index in [1.165, 1.54) is 0 Å². The molecule has 6 heteroatoms. The van der Waals surface area contributed by atoms with E-state index in [0.717, 1.165) is 11.4 Å². The first-order valence-electron chi connectivity index (χ1n) is 7.77. The standard InChI is InChI=1S/C19H17ClN4O/c1-12-11-13(2)22-19(21-12)24-16-9-5-3-7-14(16)18(25)23-17-10-6-4-8-15(17)20/h3-11H,1-2H3,(H,23,25)(H,21,22,24). The van der Waals surface area contributed by atoms with E-state index in [4.69, 9.17) is 11.6 Å². The third-order valence-corrected chi connectivity index (χ3v) is 3.85. The lowest BCUT2D eigenvalue weighted by molar-refractivity contribution is 0.102. The van der Waals surface area contributed by atoms with Crippen LogP contribution in [-0.4, -0.2) is 15.9 Å². The molecule has 1 heterocycles. The summed E-state index contributed by atoms with van der Waals surface area (Å²) in [5, 5.41) is 6.43. The SMILES string of the molecule is Cc1cc(C)nc(Nc2ccccc2C(=O)Nc2ccccc2Cl)n1. The van der Waals surface area contributed by atoms with Crippen LogP contribution in [0.4, 0.5) is 17.3 Å². The number of hydrogen-bond acceptors (Lipinski definition) is 4. The van der Waals surface area contributed by atoms with Gasteiger partial charge in [0, 0.05) is 11.4 Å². The Morgan fingerprint density at radius 3 is 2.20 bits per heavy atom. The Morgan fingerprint density at radius 2 is 1.52 bits per heavy atom. The van der Waals surface area contributed by atoms with E-state index in [2.05, 4.69) is 20.6 Å². The number of nitrogens with one attached hydrogen (secondary N) is 2. The highest BCUT2D eigenvalue weighted by atomic mass is 35.5. The van der Waals surface area contributed by atoms with Crippen molar-refractivity contribution in [1.29, 1.82) is 0 Å². The summed E-state index contributed by atoms with van der Waals surface area (Å²) >= 11 is 6.11. The normalized spacial score (nSPS) is 10.4. The van der Waals surface area contributed by atoms with Gasteiger partial charge in [-0.25, -0.2) is 9.97 Å². The number of carbonyl (C=O) groups excluding carboxylic acids is 1. The number of para-hydroxylation sites is 2. The van der Waals surface area contributed by atoms with E-state index in [1.54, 1.807) is 24.3 Å². The average molecular weight is 353 g/mol. The maximum absolute atomic E-state index is 12.7. The zero-order valence-corrected chi connectivity index (χ0v) is 14.6. The van der Waals surface area contributed by atoms with Crippen molar-refractivity contribution in [3.05, 3.63) is 76.6 Å². The first-order chi connectivity index (χ1) is 12.0. The zero-order valence-electron chi connectivity index (χ0n) is 13.9. The fraction of sp³-hybridized carbons (Fsp3) is 0.105. The number of carbonyl (C=O) groups is 1. The molecule has 0 saturated carbocycles. The summed E-state index contributed by atoms with van der Waals surface area (Å²) < 4.78 is 0. The number of amides is 1. The minimum Gasteiger partial charge on any atom is -0.323 e. The maximum Gasteiger partial charge on any atom is 0.257 e. The topological polar surface area (TPSA) is 66.9 Å². The Bertz CT molecular complexity index is 907. The summed E-state index contributed by atoms with van der Waals surface area (Å²) in [4.78, 5) is 21.4. The minimum absolute atomic E-state index is 0.263. The van der Waals surface area contributed by atoms with Gasteiger partial charge in [0.2, 0.25) is 5.95 Å². The van der Waals surface area contributed by atoms with Crippen molar-refractivity contribution in [2.75, 3.05) is 10.6 Å². The molecule has 0 spiro atoms. The number of benzene rings is 2. The fourth-order valence-corrected chi connectivity index (χ4v) is 2.63. The minimum atomic E-state index is -0.263. The van der Waals surface area contributed by atoms with Crippen LogP contribution in [0.25, 0.3) is 0 Å². The van der Waals surface area contributed by atoms with Gasteiger partial charge in [-0.2, -0.15) is 0 Å². The number of nitrogens with zero attached hydrogens (tertiary/aromatic N) is 2. The highest BCUT2D eigenvalue weighted by molar-refractivity contribution is 6.34. The molecular formula is C19H17ClN4O. The predicted molar refractivity (Wildman–Crippen MR) is 101 cm³/mol.